The third-order valence-electron chi connectivity index (χ3n) is 6.77. The van der Waals surface area contributed by atoms with Gasteiger partial charge < -0.3 is 19.9 Å². The molecule has 0 unspecified atom stereocenters. The zero-order chi connectivity index (χ0) is 26.3. The van der Waals surface area contributed by atoms with Crippen LogP contribution in [0.5, 0.6) is 5.75 Å². The SMILES string of the molecule is COc1c(-c2c(F)cccc2Cl)c(=O)n(C)c2nc(Nc3ccc(N4CCN(C)CC4)cc3)nc(C)c12. The van der Waals surface area contributed by atoms with Crippen LogP contribution < -0.4 is 20.5 Å². The molecule has 1 aliphatic rings. The number of hydrogen-bond donors (Lipinski definition) is 1. The second-order valence-electron chi connectivity index (χ2n) is 9.16. The lowest BCUT2D eigenvalue weighted by molar-refractivity contribution is 0.313. The van der Waals surface area contributed by atoms with E-state index < -0.39 is 11.4 Å². The number of benzene rings is 2. The molecule has 0 saturated carbocycles. The predicted molar refractivity (Wildman–Crippen MR) is 146 cm³/mol. The summed E-state index contributed by atoms with van der Waals surface area (Å²) >= 11 is 6.30. The topological polar surface area (TPSA) is 75.5 Å². The lowest BCUT2D eigenvalue weighted by atomic mass is 10.0. The van der Waals surface area contributed by atoms with Crippen molar-refractivity contribution in [2.75, 3.05) is 50.6 Å². The number of nitrogens with one attached hydrogen (secondary N) is 1. The number of nitrogens with zero attached hydrogens (tertiary/aromatic N) is 5. The lowest BCUT2D eigenvalue weighted by Crippen LogP contribution is -2.44. The summed E-state index contributed by atoms with van der Waals surface area (Å²) in [5.41, 5.74) is 2.48. The van der Waals surface area contributed by atoms with Crippen LogP contribution in [-0.2, 0) is 7.05 Å². The van der Waals surface area contributed by atoms with Crippen LogP contribution in [-0.4, -0.2) is 59.8 Å². The number of anilines is 3. The van der Waals surface area contributed by atoms with E-state index in [0.29, 0.717) is 22.7 Å². The molecule has 10 heteroatoms. The highest BCUT2D eigenvalue weighted by Crippen LogP contribution is 2.39. The molecule has 1 N–H and O–H groups in total. The summed E-state index contributed by atoms with van der Waals surface area (Å²) in [4.78, 5) is 27.3. The van der Waals surface area contributed by atoms with Crippen molar-refractivity contribution in [2.45, 2.75) is 6.92 Å². The molecule has 0 radical (unpaired) electrons. The van der Waals surface area contributed by atoms with E-state index in [-0.39, 0.29) is 21.9 Å². The number of ether oxygens (including phenoxy) is 1. The second-order valence-corrected chi connectivity index (χ2v) is 9.57. The molecule has 1 aliphatic heterocycles. The van der Waals surface area contributed by atoms with Crippen LogP contribution in [0.1, 0.15) is 5.69 Å². The van der Waals surface area contributed by atoms with E-state index in [1.807, 2.05) is 12.1 Å². The van der Waals surface area contributed by atoms with Crippen molar-refractivity contribution in [1.29, 1.82) is 0 Å². The van der Waals surface area contributed by atoms with Gasteiger partial charge in [-0.05, 0) is 50.4 Å². The minimum Gasteiger partial charge on any atom is -0.495 e. The highest BCUT2D eigenvalue weighted by molar-refractivity contribution is 6.33. The summed E-state index contributed by atoms with van der Waals surface area (Å²) in [5, 5.41) is 3.86. The molecular formula is C27H28ClFN6O2. The van der Waals surface area contributed by atoms with Crippen molar-refractivity contribution in [3.63, 3.8) is 0 Å². The molecule has 0 bridgehead atoms. The third kappa shape index (κ3) is 4.60. The van der Waals surface area contributed by atoms with Crippen molar-refractivity contribution >= 4 is 40.0 Å². The quantitative estimate of drug-likeness (QED) is 0.410. The molecule has 2 aromatic carbocycles. The first-order chi connectivity index (χ1) is 17.8. The van der Waals surface area contributed by atoms with Crippen molar-refractivity contribution in [3.05, 3.63) is 69.4 Å². The van der Waals surface area contributed by atoms with Crippen LogP contribution in [0.25, 0.3) is 22.2 Å². The first-order valence-electron chi connectivity index (χ1n) is 12.0. The molecule has 4 aromatic rings. The molecule has 3 heterocycles. The number of rotatable bonds is 5. The van der Waals surface area contributed by atoms with Gasteiger partial charge in [-0.25, -0.2) is 9.37 Å². The van der Waals surface area contributed by atoms with Crippen molar-refractivity contribution in [2.24, 2.45) is 7.05 Å². The van der Waals surface area contributed by atoms with Crippen LogP contribution in [0.3, 0.4) is 0 Å². The monoisotopic (exact) mass is 522 g/mol. The lowest BCUT2D eigenvalue weighted by Gasteiger charge is -2.34. The fraction of sp³-hybridized carbons (Fsp3) is 0.296. The average molecular weight is 523 g/mol. The van der Waals surface area contributed by atoms with Gasteiger partial charge >= 0.3 is 0 Å². The Bertz CT molecular complexity index is 1510. The molecule has 1 saturated heterocycles. The molecular weight excluding hydrogens is 495 g/mol. The molecule has 0 amide bonds. The normalized spacial score (nSPS) is 14.3. The van der Waals surface area contributed by atoms with E-state index in [2.05, 4.69) is 44.3 Å². The highest BCUT2D eigenvalue weighted by Gasteiger charge is 2.25. The number of piperazine rings is 1. The third-order valence-corrected chi connectivity index (χ3v) is 7.08. The van der Waals surface area contributed by atoms with Crippen LogP contribution in [0.2, 0.25) is 5.02 Å². The molecule has 192 valence electrons. The van der Waals surface area contributed by atoms with E-state index in [9.17, 15) is 9.18 Å². The summed E-state index contributed by atoms with van der Waals surface area (Å²) in [5.74, 6) is -0.0871. The number of halogens is 2. The van der Waals surface area contributed by atoms with Gasteiger partial charge in [0.15, 0.2) is 5.65 Å². The van der Waals surface area contributed by atoms with Gasteiger partial charge in [-0.2, -0.15) is 4.98 Å². The maximum Gasteiger partial charge on any atom is 0.263 e. The van der Waals surface area contributed by atoms with Gasteiger partial charge in [0.2, 0.25) is 5.95 Å². The molecule has 2 aromatic heterocycles. The fourth-order valence-electron chi connectivity index (χ4n) is 4.72. The minimum absolute atomic E-state index is 0.00874. The Labute approximate surface area is 219 Å². The summed E-state index contributed by atoms with van der Waals surface area (Å²) in [6, 6.07) is 12.4. The first-order valence-corrected chi connectivity index (χ1v) is 12.4. The summed E-state index contributed by atoms with van der Waals surface area (Å²) in [7, 11) is 5.15. The fourth-order valence-corrected chi connectivity index (χ4v) is 4.98. The van der Waals surface area contributed by atoms with Gasteiger partial charge in [0.05, 0.1) is 28.8 Å². The van der Waals surface area contributed by atoms with Crippen LogP contribution in [0.4, 0.5) is 21.7 Å². The van der Waals surface area contributed by atoms with E-state index in [1.165, 1.54) is 35.6 Å². The second kappa shape index (κ2) is 9.99. The van der Waals surface area contributed by atoms with Crippen LogP contribution >= 0.6 is 11.6 Å². The smallest absolute Gasteiger partial charge is 0.263 e. The van der Waals surface area contributed by atoms with Gasteiger partial charge in [0.1, 0.15) is 11.6 Å². The summed E-state index contributed by atoms with van der Waals surface area (Å²) in [6.07, 6.45) is 0. The Morgan fingerprint density at radius 3 is 2.35 bits per heavy atom. The maximum absolute atomic E-state index is 14.8. The Kier molecular flexibility index (Phi) is 6.74. The Hall–Kier alpha value is -3.69. The number of likely N-dealkylation sites (N-methyl/N-ethyl adjacent to an activating group) is 1. The Morgan fingerprint density at radius 2 is 1.70 bits per heavy atom. The van der Waals surface area contributed by atoms with Crippen molar-refractivity contribution < 1.29 is 9.13 Å². The van der Waals surface area contributed by atoms with Gasteiger partial charge in [-0.15, -0.1) is 0 Å². The number of hydrogen-bond acceptors (Lipinski definition) is 7. The highest BCUT2D eigenvalue weighted by atomic mass is 35.5. The van der Waals surface area contributed by atoms with E-state index in [1.54, 1.807) is 14.0 Å². The number of aromatic nitrogens is 3. The Balaban J connectivity index is 1.54. The number of aryl methyl sites for hydroxylation is 2. The summed E-state index contributed by atoms with van der Waals surface area (Å²) in [6.45, 7) is 5.86. The number of methoxy groups -OCH3 is 1. The number of pyridine rings is 1. The van der Waals surface area contributed by atoms with Crippen LogP contribution in [0.15, 0.2) is 47.3 Å². The van der Waals surface area contributed by atoms with Gasteiger partial charge in [-0.1, -0.05) is 17.7 Å². The Morgan fingerprint density at radius 1 is 1.00 bits per heavy atom. The van der Waals surface area contributed by atoms with E-state index in [4.69, 9.17) is 16.3 Å². The molecule has 0 aliphatic carbocycles. The number of fused-ring (bicyclic) bond motifs is 1. The largest absolute Gasteiger partial charge is 0.495 e. The molecule has 37 heavy (non-hydrogen) atoms. The van der Waals surface area contributed by atoms with Crippen molar-refractivity contribution in [1.82, 2.24) is 19.4 Å². The first kappa shape index (κ1) is 25.0. The molecule has 0 spiro atoms. The van der Waals surface area contributed by atoms with E-state index in [0.717, 1.165) is 31.9 Å². The van der Waals surface area contributed by atoms with Crippen molar-refractivity contribution in [3.8, 4) is 16.9 Å². The van der Waals surface area contributed by atoms with E-state index >= 15 is 0 Å². The molecule has 5 rings (SSSR count). The molecule has 8 nitrogen and oxygen atoms in total. The maximum atomic E-state index is 14.8. The van der Waals surface area contributed by atoms with Gasteiger partial charge in [0, 0.05) is 50.2 Å². The average Bonchev–Trinajstić information content (AvgIpc) is 2.88. The summed E-state index contributed by atoms with van der Waals surface area (Å²) < 4.78 is 21.8. The van der Waals surface area contributed by atoms with Crippen LogP contribution in [0, 0.1) is 12.7 Å². The van der Waals surface area contributed by atoms with Gasteiger partial charge in [-0.3, -0.25) is 9.36 Å². The van der Waals surface area contributed by atoms with Gasteiger partial charge in [0.25, 0.3) is 5.56 Å². The molecule has 0 atom stereocenters. The molecule has 1 fully saturated rings. The zero-order valence-electron chi connectivity index (χ0n) is 21.2. The zero-order valence-corrected chi connectivity index (χ0v) is 21.9. The predicted octanol–water partition coefficient (Wildman–Crippen LogP) is 4.60. The minimum atomic E-state index is -0.612. The standard InChI is InChI=1S/C27H28ClFN6O2/c1-16-21-24(37-4)23(22-19(28)6-5-7-20(22)29)26(36)34(3)25(21)32-27(30-16)31-17-8-10-18(11-9-17)35-14-12-33(2)13-15-35/h5-11H,12-15H2,1-4H3,(H,30,31,32).